The van der Waals surface area contributed by atoms with E-state index >= 15 is 0 Å². The average molecular weight is 222 g/mol. The van der Waals surface area contributed by atoms with Crippen LogP contribution in [0.2, 0.25) is 0 Å². The monoisotopic (exact) mass is 222 g/mol. The molecule has 1 rings (SSSR count). The Labute approximate surface area is 101 Å². The molecule has 1 fully saturated rings. The molecule has 1 saturated heterocycles. The Balaban J connectivity index is 2.18. The second kappa shape index (κ2) is 6.87. The van der Waals surface area contributed by atoms with Gasteiger partial charge in [-0.15, -0.1) is 0 Å². The van der Waals surface area contributed by atoms with Gasteiger partial charge < -0.3 is 4.90 Å². The lowest BCUT2D eigenvalue weighted by Gasteiger charge is -2.31. The van der Waals surface area contributed by atoms with E-state index in [-0.39, 0.29) is 0 Å². The van der Waals surface area contributed by atoms with Gasteiger partial charge in [0.05, 0.1) is 0 Å². The summed E-state index contributed by atoms with van der Waals surface area (Å²) in [6, 6.07) is 0. The summed E-state index contributed by atoms with van der Waals surface area (Å²) < 4.78 is 0. The van der Waals surface area contributed by atoms with Crippen molar-refractivity contribution in [2.45, 2.75) is 20.3 Å². The van der Waals surface area contributed by atoms with Crippen molar-refractivity contribution in [1.82, 2.24) is 9.80 Å². The molecule has 0 atom stereocenters. The van der Waals surface area contributed by atoms with E-state index in [1.165, 1.54) is 31.8 Å². The number of hydrogen-bond donors (Lipinski definition) is 0. The summed E-state index contributed by atoms with van der Waals surface area (Å²) in [6.07, 6.45) is 5.56. The first kappa shape index (κ1) is 13.5. The average Bonchev–Trinajstić information content (AvgIpc) is 2.20. The minimum Gasteiger partial charge on any atom is -0.304 e. The van der Waals surface area contributed by atoms with Crippen molar-refractivity contribution in [3.05, 3.63) is 24.3 Å². The first-order valence-electron chi connectivity index (χ1n) is 6.33. The topological polar surface area (TPSA) is 6.48 Å². The maximum Gasteiger partial charge on any atom is 0.0167 e. The lowest BCUT2D eigenvalue weighted by atomic mass is 10.0. The first-order valence-corrected chi connectivity index (χ1v) is 6.33. The highest BCUT2D eigenvalue weighted by atomic mass is 15.2. The summed E-state index contributed by atoms with van der Waals surface area (Å²) in [6.45, 7) is 14.4. The van der Waals surface area contributed by atoms with E-state index in [4.69, 9.17) is 0 Å². The van der Waals surface area contributed by atoms with E-state index in [1.54, 1.807) is 0 Å². The van der Waals surface area contributed by atoms with E-state index in [2.05, 4.69) is 49.4 Å². The van der Waals surface area contributed by atoms with Crippen LogP contribution < -0.4 is 0 Å². The normalized spacial score (nSPS) is 19.8. The van der Waals surface area contributed by atoms with Crippen LogP contribution in [0.15, 0.2) is 24.3 Å². The maximum absolute atomic E-state index is 4.08. The molecule has 0 amide bonds. The highest BCUT2D eigenvalue weighted by Gasteiger charge is 2.11. The Morgan fingerprint density at radius 3 is 2.44 bits per heavy atom. The van der Waals surface area contributed by atoms with Gasteiger partial charge in [-0.1, -0.05) is 38.2 Å². The van der Waals surface area contributed by atoms with E-state index in [0.29, 0.717) is 5.92 Å². The molecule has 92 valence electrons. The minimum atomic E-state index is 0.709. The van der Waals surface area contributed by atoms with Gasteiger partial charge in [0, 0.05) is 32.7 Å². The standard InChI is InChI=1S/C14H26N2/c1-13(2)12-14(3)6-5-7-16-10-8-15(4)9-11-16/h5-6,13H,3,7-12H2,1-2,4H3/b6-5+. The van der Waals surface area contributed by atoms with Gasteiger partial charge in [-0.3, -0.25) is 4.90 Å². The predicted molar refractivity (Wildman–Crippen MR) is 71.7 cm³/mol. The van der Waals surface area contributed by atoms with Crippen LogP contribution in [-0.2, 0) is 0 Å². The summed E-state index contributed by atoms with van der Waals surface area (Å²) in [5.41, 5.74) is 1.25. The molecule has 0 spiro atoms. The van der Waals surface area contributed by atoms with Crippen LogP contribution >= 0.6 is 0 Å². The predicted octanol–water partition coefficient (Wildman–Crippen LogP) is 2.39. The molecule has 0 aliphatic carbocycles. The summed E-state index contributed by atoms with van der Waals surface area (Å²) in [5.74, 6) is 0.709. The lowest BCUT2D eigenvalue weighted by Crippen LogP contribution is -2.44. The molecule has 0 aromatic heterocycles. The van der Waals surface area contributed by atoms with Crippen LogP contribution in [0.3, 0.4) is 0 Å². The summed E-state index contributed by atoms with van der Waals surface area (Å²) in [5, 5.41) is 0. The third kappa shape index (κ3) is 5.47. The second-order valence-electron chi connectivity index (χ2n) is 5.26. The van der Waals surface area contributed by atoms with Crippen molar-refractivity contribution in [1.29, 1.82) is 0 Å². The van der Waals surface area contributed by atoms with Gasteiger partial charge in [-0.05, 0) is 19.4 Å². The second-order valence-corrected chi connectivity index (χ2v) is 5.26. The van der Waals surface area contributed by atoms with Crippen molar-refractivity contribution in [2.75, 3.05) is 39.8 Å². The molecule has 0 radical (unpaired) electrons. The number of piperazine rings is 1. The summed E-state index contributed by atoms with van der Waals surface area (Å²) in [4.78, 5) is 4.89. The largest absolute Gasteiger partial charge is 0.304 e. The van der Waals surface area contributed by atoms with E-state index in [1.807, 2.05) is 0 Å². The fourth-order valence-corrected chi connectivity index (χ4v) is 1.99. The molecule has 0 saturated carbocycles. The number of likely N-dealkylation sites (N-methyl/N-ethyl adjacent to an activating group) is 1. The van der Waals surface area contributed by atoms with Gasteiger partial charge in [0.1, 0.15) is 0 Å². The maximum atomic E-state index is 4.08. The van der Waals surface area contributed by atoms with Crippen molar-refractivity contribution < 1.29 is 0 Å². The highest BCUT2D eigenvalue weighted by molar-refractivity contribution is 5.15. The Hall–Kier alpha value is -0.600. The number of rotatable bonds is 5. The number of allylic oxidation sites excluding steroid dienone is 2. The van der Waals surface area contributed by atoms with Crippen molar-refractivity contribution in [3.63, 3.8) is 0 Å². The quantitative estimate of drug-likeness (QED) is 0.659. The molecule has 0 bridgehead atoms. The number of hydrogen-bond acceptors (Lipinski definition) is 2. The van der Waals surface area contributed by atoms with Gasteiger partial charge >= 0.3 is 0 Å². The Kier molecular flexibility index (Phi) is 5.78. The summed E-state index contributed by atoms with van der Waals surface area (Å²) in [7, 11) is 2.19. The Morgan fingerprint density at radius 2 is 1.88 bits per heavy atom. The Bertz CT molecular complexity index is 235. The zero-order valence-corrected chi connectivity index (χ0v) is 11.1. The molecule has 1 heterocycles. The van der Waals surface area contributed by atoms with Crippen molar-refractivity contribution in [3.8, 4) is 0 Å². The molecular formula is C14H26N2. The van der Waals surface area contributed by atoms with Crippen LogP contribution in [0, 0.1) is 5.92 Å². The molecule has 0 aromatic carbocycles. The van der Waals surface area contributed by atoms with Crippen LogP contribution in [-0.4, -0.2) is 49.6 Å². The Morgan fingerprint density at radius 1 is 1.25 bits per heavy atom. The van der Waals surface area contributed by atoms with Crippen LogP contribution in [0.4, 0.5) is 0 Å². The van der Waals surface area contributed by atoms with Gasteiger partial charge in [-0.2, -0.15) is 0 Å². The SMILES string of the molecule is C=C(/C=C/CN1CCN(C)CC1)CC(C)C. The lowest BCUT2D eigenvalue weighted by molar-refractivity contribution is 0.166. The fourth-order valence-electron chi connectivity index (χ4n) is 1.99. The third-order valence-corrected chi connectivity index (χ3v) is 2.98. The molecule has 2 nitrogen and oxygen atoms in total. The van der Waals surface area contributed by atoms with Gasteiger partial charge in [0.15, 0.2) is 0 Å². The van der Waals surface area contributed by atoms with Crippen molar-refractivity contribution in [2.24, 2.45) is 5.92 Å². The molecule has 0 N–H and O–H groups in total. The van der Waals surface area contributed by atoms with E-state index in [9.17, 15) is 0 Å². The number of nitrogens with zero attached hydrogens (tertiary/aromatic N) is 2. The zero-order valence-electron chi connectivity index (χ0n) is 11.1. The zero-order chi connectivity index (χ0) is 12.0. The molecule has 16 heavy (non-hydrogen) atoms. The molecule has 1 aliphatic heterocycles. The van der Waals surface area contributed by atoms with Gasteiger partial charge in [0.25, 0.3) is 0 Å². The van der Waals surface area contributed by atoms with Crippen LogP contribution in [0.1, 0.15) is 20.3 Å². The highest BCUT2D eigenvalue weighted by Crippen LogP contribution is 2.09. The molecule has 0 aromatic rings. The van der Waals surface area contributed by atoms with E-state index in [0.717, 1.165) is 13.0 Å². The smallest absolute Gasteiger partial charge is 0.0167 e. The summed E-state index contributed by atoms with van der Waals surface area (Å²) >= 11 is 0. The molecule has 0 unspecified atom stereocenters. The molecule has 2 heteroatoms. The van der Waals surface area contributed by atoms with E-state index < -0.39 is 0 Å². The fraction of sp³-hybridized carbons (Fsp3) is 0.714. The molecular weight excluding hydrogens is 196 g/mol. The van der Waals surface area contributed by atoms with Gasteiger partial charge in [0.2, 0.25) is 0 Å². The van der Waals surface area contributed by atoms with Crippen LogP contribution in [0.5, 0.6) is 0 Å². The molecule has 1 aliphatic rings. The van der Waals surface area contributed by atoms with Crippen molar-refractivity contribution >= 4 is 0 Å². The first-order chi connectivity index (χ1) is 7.58. The minimum absolute atomic E-state index is 0.709. The van der Waals surface area contributed by atoms with Gasteiger partial charge in [-0.25, -0.2) is 0 Å². The third-order valence-electron chi connectivity index (χ3n) is 2.98. The van der Waals surface area contributed by atoms with Crippen LogP contribution in [0.25, 0.3) is 0 Å².